The highest BCUT2D eigenvalue weighted by Gasteiger charge is 2.70. The lowest BCUT2D eigenvalue weighted by molar-refractivity contribution is -0.229. The summed E-state index contributed by atoms with van der Waals surface area (Å²) in [6, 6.07) is 8.34. The summed E-state index contributed by atoms with van der Waals surface area (Å²) in [5.41, 5.74) is 4.87. The highest BCUT2D eigenvalue weighted by Crippen LogP contribution is 2.74. The van der Waals surface area contributed by atoms with Crippen molar-refractivity contribution < 1.29 is 28.9 Å². The van der Waals surface area contributed by atoms with Gasteiger partial charge < -0.3 is 19.3 Å². The SMILES string of the molecule is C=Cc1ccc(C(CC/C(C(=O)OCOC(=O)C(C)(C)C)=C2/C(OC(=C)C)C[C@@]3(C)[C@H]2C[C@@H](O)[C@H]2[C@@]4(C)CC[C@@H](C)[C@H](C)[C@@H]4CC[C@@]23C)=C(C)C)cc1. The minimum absolute atomic E-state index is 0.0433. The summed E-state index contributed by atoms with van der Waals surface area (Å²) in [4.78, 5) is 27.1. The number of hydrogen-bond donors (Lipinski definition) is 1. The number of esters is 2. The van der Waals surface area contributed by atoms with E-state index in [2.05, 4.69) is 85.9 Å². The number of allylic oxidation sites excluding steroid dienone is 3. The number of rotatable bonds is 10. The van der Waals surface area contributed by atoms with Crippen LogP contribution in [0, 0.1) is 51.2 Å². The van der Waals surface area contributed by atoms with E-state index in [0.29, 0.717) is 48.3 Å². The summed E-state index contributed by atoms with van der Waals surface area (Å²) < 4.78 is 17.9. The van der Waals surface area contributed by atoms with Gasteiger partial charge in [-0.3, -0.25) is 4.79 Å². The van der Waals surface area contributed by atoms with Crippen molar-refractivity contribution >= 4 is 23.6 Å². The third-order valence-corrected chi connectivity index (χ3v) is 14.8. The predicted molar refractivity (Wildman–Crippen MR) is 214 cm³/mol. The molecular formula is C47H68O6. The largest absolute Gasteiger partial charge is 0.491 e. The molecule has 4 saturated carbocycles. The van der Waals surface area contributed by atoms with E-state index in [1.165, 1.54) is 12.0 Å². The quantitative estimate of drug-likeness (QED) is 0.112. The highest BCUT2D eigenvalue weighted by atomic mass is 16.7. The molecule has 0 aliphatic heterocycles. The third kappa shape index (κ3) is 7.48. The summed E-state index contributed by atoms with van der Waals surface area (Å²) in [6.07, 6.45) is 7.79. The van der Waals surface area contributed by atoms with Gasteiger partial charge in [0.05, 0.1) is 17.3 Å². The molecule has 0 spiro atoms. The lowest BCUT2D eigenvalue weighted by atomic mass is 9.36. The van der Waals surface area contributed by atoms with E-state index < -0.39 is 30.3 Å². The zero-order valence-electron chi connectivity index (χ0n) is 34.7. The second-order valence-corrected chi connectivity index (χ2v) is 19.2. The zero-order chi connectivity index (χ0) is 39.3. The van der Waals surface area contributed by atoms with E-state index in [1.54, 1.807) is 20.8 Å². The first-order chi connectivity index (χ1) is 24.7. The maximum absolute atomic E-state index is 14.5. The van der Waals surface area contributed by atoms with E-state index in [4.69, 9.17) is 14.2 Å². The molecule has 4 aliphatic rings. The van der Waals surface area contributed by atoms with Gasteiger partial charge in [-0.2, -0.15) is 0 Å². The van der Waals surface area contributed by atoms with Gasteiger partial charge in [-0.1, -0.05) is 83.7 Å². The van der Waals surface area contributed by atoms with Gasteiger partial charge in [0.1, 0.15) is 6.10 Å². The van der Waals surface area contributed by atoms with Crippen molar-refractivity contribution in [2.75, 3.05) is 6.79 Å². The van der Waals surface area contributed by atoms with Crippen LogP contribution >= 0.6 is 0 Å². The normalized spacial score (nSPS) is 35.9. The molecule has 0 radical (unpaired) electrons. The van der Waals surface area contributed by atoms with Crippen LogP contribution in [0.5, 0.6) is 0 Å². The summed E-state index contributed by atoms with van der Waals surface area (Å²) >= 11 is 0. The molecule has 4 aliphatic carbocycles. The number of aliphatic hydroxyl groups is 1. The Hall–Kier alpha value is -3.12. The van der Waals surface area contributed by atoms with Crippen LogP contribution in [-0.2, 0) is 23.8 Å². The molecule has 0 aromatic heterocycles. The van der Waals surface area contributed by atoms with Crippen LogP contribution in [0.2, 0.25) is 0 Å². The number of hydrogen-bond acceptors (Lipinski definition) is 6. The Bertz CT molecular complexity index is 1640. The summed E-state index contributed by atoms with van der Waals surface area (Å²) in [5.74, 6) is 1.63. The van der Waals surface area contributed by atoms with E-state index >= 15 is 0 Å². The Balaban J connectivity index is 1.60. The number of carbonyl (C=O) groups excluding carboxylic acids is 2. The van der Waals surface area contributed by atoms with Crippen LogP contribution in [0.4, 0.5) is 0 Å². The van der Waals surface area contributed by atoms with Crippen molar-refractivity contribution in [3.63, 3.8) is 0 Å². The fraction of sp³-hybridized carbons (Fsp3) is 0.660. The molecule has 1 aromatic carbocycles. The molecule has 5 rings (SSSR count). The van der Waals surface area contributed by atoms with Gasteiger partial charge in [0, 0.05) is 5.57 Å². The Morgan fingerprint density at radius 3 is 2.21 bits per heavy atom. The van der Waals surface area contributed by atoms with E-state index in [1.807, 2.05) is 13.0 Å². The number of aliphatic hydroxyl groups excluding tert-OH is 1. The molecule has 10 atom stereocenters. The van der Waals surface area contributed by atoms with Gasteiger partial charge in [-0.25, -0.2) is 4.79 Å². The van der Waals surface area contributed by atoms with Gasteiger partial charge in [-0.05, 0) is 161 Å². The Morgan fingerprint density at radius 2 is 1.62 bits per heavy atom. The Morgan fingerprint density at radius 1 is 0.962 bits per heavy atom. The van der Waals surface area contributed by atoms with Gasteiger partial charge in [0.25, 0.3) is 0 Å². The smallest absolute Gasteiger partial charge is 0.336 e. The minimum atomic E-state index is -0.727. The first-order valence-electron chi connectivity index (χ1n) is 20.2. The van der Waals surface area contributed by atoms with Crippen molar-refractivity contribution in [1.82, 2.24) is 0 Å². The van der Waals surface area contributed by atoms with Crippen LogP contribution in [0.1, 0.15) is 139 Å². The van der Waals surface area contributed by atoms with E-state index in [-0.39, 0.29) is 34.2 Å². The molecule has 6 heteroatoms. The molecule has 1 N–H and O–H groups in total. The van der Waals surface area contributed by atoms with Crippen molar-refractivity contribution in [2.24, 2.45) is 51.2 Å². The lowest BCUT2D eigenvalue weighted by Crippen LogP contribution is -2.65. The van der Waals surface area contributed by atoms with E-state index in [9.17, 15) is 14.7 Å². The molecule has 292 valence electrons. The molecule has 1 aromatic rings. The van der Waals surface area contributed by atoms with Gasteiger partial charge in [-0.15, -0.1) is 0 Å². The van der Waals surface area contributed by atoms with Crippen molar-refractivity contribution in [3.05, 3.63) is 71.0 Å². The molecule has 0 bridgehead atoms. The third-order valence-electron chi connectivity index (χ3n) is 14.8. The van der Waals surface area contributed by atoms with Gasteiger partial charge in [0.15, 0.2) is 0 Å². The van der Waals surface area contributed by atoms with Crippen LogP contribution in [-0.4, -0.2) is 36.0 Å². The zero-order valence-corrected chi connectivity index (χ0v) is 34.7. The fourth-order valence-corrected chi connectivity index (χ4v) is 11.7. The number of ether oxygens (including phenoxy) is 3. The standard InChI is InChI=1S/C47H68O6/c1-14-32-15-17-33(18-16-32)34(28(2)3)19-20-35(42(49)51-27-52-43(50)44(8,9)10)40-37-25-38(48)41-45(11)23-21-30(6)31(7)36(45)22-24-46(41,12)47(37,13)26-39(40)53-29(4)5/h14-18,30-31,36-39,41,48H,1,4,19-27H2,2-3,5-13H3/b40-35-/t30-,31+,36+,37+,38-,39?,41+,45+,46+,47+/m1/s1. The average Bonchev–Trinajstić information content (AvgIpc) is 3.35. The molecular weight excluding hydrogens is 661 g/mol. The molecule has 0 saturated heterocycles. The topological polar surface area (TPSA) is 82.1 Å². The summed E-state index contributed by atoms with van der Waals surface area (Å²) in [5, 5.41) is 12.5. The Labute approximate surface area is 320 Å². The van der Waals surface area contributed by atoms with Crippen molar-refractivity contribution in [2.45, 2.75) is 140 Å². The highest BCUT2D eigenvalue weighted by molar-refractivity contribution is 5.90. The van der Waals surface area contributed by atoms with Crippen LogP contribution < -0.4 is 0 Å². The van der Waals surface area contributed by atoms with Gasteiger partial charge >= 0.3 is 11.9 Å². The molecule has 53 heavy (non-hydrogen) atoms. The van der Waals surface area contributed by atoms with Crippen LogP contribution in [0.3, 0.4) is 0 Å². The fourth-order valence-electron chi connectivity index (χ4n) is 11.7. The number of carbonyl (C=O) groups is 2. The van der Waals surface area contributed by atoms with Crippen LogP contribution in [0.15, 0.2) is 59.9 Å². The first kappa shape index (κ1) is 41.1. The maximum Gasteiger partial charge on any atom is 0.336 e. The molecule has 4 fully saturated rings. The lowest BCUT2D eigenvalue weighted by Gasteiger charge is -2.69. The second-order valence-electron chi connectivity index (χ2n) is 19.2. The number of benzene rings is 1. The van der Waals surface area contributed by atoms with E-state index in [0.717, 1.165) is 48.0 Å². The van der Waals surface area contributed by atoms with Crippen molar-refractivity contribution in [1.29, 1.82) is 0 Å². The summed E-state index contributed by atoms with van der Waals surface area (Å²) in [7, 11) is 0. The Kier molecular flexibility index (Phi) is 11.8. The first-order valence-corrected chi connectivity index (χ1v) is 20.2. The van der Waals surface area contributed by atoms with Gasteiger partial charge in [0.2, 0.25) is 6.79 Å². The second kappa shape index (κ2) is 15.2. The maximum atomic E-state index is 14.5. The average molecular weight is 729 g/mol. The molecule has 1 unspecified atom stereocenters. The molecule has 0 heterocycles. The molecule has 0 amide bonds. The monoisotopic (exact) mass is 729 g/mol. The van der Waals surface area contributed by atoms with Crippen LogP contribution in [0.25, 0.3) is 11.6 Å². The predicted octanol–water partition coefficient (Wildman–Crippen LogP) is 11.1. The van der Waals surface area contributed by atoms with Crippen molar-refractivity contribution in [3.8, 4) is 0 Å². The molecule has 6 nitrogen and oxygen atoms in total. The minimum Gasteiger partial charge on any atom is -0.491 e. The number of fused-ring (bicyclic) bond motifs is 5. The summed E-state index contributed by atoms with van der Waals surface area (Å²) in [6.45, 7) is 31.2.